The third kappa shape index (κ3) is 5.46. The van der Waals surface area contributed by atoms with E-state index in [4.69, 9.17) is 29.6 Å². The molecule has 0 aromatic heterocycles. The lowest BCUT2D eigenvalue weighted by Crippen LogP contribution is -2.40. The van der Waals surface area contributed by atoms with E-state index >= 15 is 0 Å². The van der Waals surface area contributed by atoms with E-state index in [0.29, 0.717) is 47.1 Å². The van der Waals surface area contributed by atoms with Crippen LogP contribution in [-0.2, 0) is 10.0 Å². The molecule has 31 heavy (non-hydrogen) atoms. The number of halogens is 2. The molecular formula is C22H20Cl2N2O4S. The van der Waals surface area contributed by atoms with Crippen molar-refractivity contribution in [2.24, 2.45) is 5.92 Å². The van der Waals surface area contributed by atoms with Crippen LogP contribution < -0.4 is 4.72 Å². The molecule has 2 aromatic carbocycles. The molecule has 0 atom stereocenters. The summed E-state index contributed by atoms with van der Waals surface area (Å²) in [6.45, 7) is 0.750. The molecule has 0 spiro atoms. The van der Waals surface area contributed by atoms with Gasteiger partial charge in [0.15, 0.2) is 5.78 Å². The summed E-state index contributed by atoms with van der Waals surface area (Å²) in [6, 6.07) is 10.5. The van der Waals surface area contributed by atoms with Crippen molar-refractivity contribution in [3.63, 3.8) is 0 Å². The van der Waals surface area contributed by atoms with Crippen LogP contribution >= 0.6 is 23.2 Å². The first-order chi connectivity index (χ1) is 14.7. The molecule has 1 aliphatic rings. The molecule has 0 saturated carbocycles. The lowest BCUT2D eigenvalue weighted by atomic mass is 9.88. The summed E-state index contributed by atoms with van der Waals surface area (Å²) >= 11 is 11.9. The molecule has 1 aliphatic heterocycles. The van der Waals surface area contributed by atoms with Crippen molar-refractivity contribution in [1.82, 2.24) is 9.62 Å². The van der Waals surface area contributed by atoms with Crippen molar-refractivity contribution >= 4 is 44.9 Å². The SMILES string of the molecule is C#CCNS(=O)(=O)c1ccc(C(=O)N2CCC(C(=O)c3ccc(Cl)c(Cl)c3)CC2)cc1. The molecule has 162 valence electrons. The molecule has 0 aliphatic carbocycles. The van der Waals surface area contributed by atoms with E-state index in [9.17, 15) is 18.0 Å². The number of nitrogens with one attached hydrogen (secondary N) is 1. The fourth-order valence-corrected chi connectivity index (χ4v) is 4.64. The smallest absolute Gasteiger partial charge is 0.253 e. The number of amides is 1. The Morgan fingerprint density at radius 3 is 2.23 bits per heavy atom. The van der Waals surface area contributed by atoms with Crippen LogP contribution in [0, 0.1) is 18.3 Å². The zero-order chi connectivity index (χ0) is 22.6. The Labute approximate surface area is 191 Å². The van der Waals surface area contributed by atoms with Gasteiger partial charge in [0.25, 0.3) is 5.91 Å². The Morgan fingerprint density at radius 2 is 1.65 bits per heavy atom. The number of benzene rings is 2. The van der Waals surface area contributed by atoms with E-state index in [0.717, 1.165) is 0 Å². The Morgan fingerprint density at radius 1 is 1.03 bits per heavy atom. The molecule has 0 unspecified atom stereocenters. The average molecular weight is 479 g/mol. The van der Waals surface area contributed by atoms with Gasteiger partial charge in [0, 0.05) is 30.1 Å². The van der Waals surface area contributed by atoms with E-state index in [-0.39, 0.29) is 29.0 Å². The first-order valence-electron chi connectivity index (χ1n) is 9.54. The van der Waals surface area contributed by atoms with Gasteiger partial charge in [-0.1, -0.05) is 29.1 Å². The van der Waals surface area contributed by atoms with Crippen molar-refractivity contribution in [3.8, 4) is 12.3 Å². The molecule has 1 saturated heterocycles. The molecule has 3 rings (SSSR count). The van der Waals surface area contributed by atoms with Crippen LogP contribution in [0.4, 0.5) is 0 Å². The van der Waals surface area contributed by atoms with Gasteiger partial charge in [0.1, 0.15) is 0 Å². The van der Waals surface area contributed by atoms with Crippen molar-refractivity contribution in [2.75, 3.05) is 19.6 Å². The highest BCUT2D eigenvalue weighted by Gasteiger charge is 2.29. The van der Waals surface area contributed by atoms with E-state index in [2.05, 4.69) is 10.6 Å². The fraction of sp³-hybridized carbons (Fsp3) is 0.273. The number of sulfonamides is 1. The highest BCUT2D eigenvalue weighted by atomic mass is 35.5. The van der Waals surface area contributed by atoms with Crippen molar-refractivity contribution in [3.05, 3.63) is 63.6 Å². The monoisotopic (exact) mass is 478 g/mol. The van der Waals surface area contributed by atoms with Crippen molar-refractivity contribution in [1.29, 1.82) is 0 Å². The highest BCUT2D eigenvalue weighted by Crippen LogP contribution is 2.27. The van der Waals surface area contributed by atoms with Crippen LogP contribution in [0.3, 0.4) is 0 Å². The predicted molar refractivity (Wildman–Crippen MR) is 120 cm³/mol. The molecule has 0 radical (unpaired) electrons. The van der Waals surface area contributed by atoms with Crippen molar-refractivity contribution in [2.45, 2.75) is 17.7 Å². The number of likely N-dealkylation sites (tertiary alicyclic amines) is 1. The van der Waals surface area contributed by atoms with Gasteiger partial charge in [0.05, 0.1) is 21.5 Å². The van der Waals surface area contributed by atoms with Gasteiger partial charge in [0.2, 0.25) is 10.0 Å². The number of terminal acetylenes is 1. The average Bonchev–Trinajstić information content (AvgIpc) is 2.79. The maximum absolute atomic E-state index is 12.8. The normalized spacial score (nSPS) is 14.8. The number of piperidine rings is 1. The Hall–Kier alpha value is -2.37. The van der Waals surface area contributed by atoms with Gasteiger partial charge in [-0.15, -0.1) is 6.42 Å². The van der Waals surface area contributed by atoms with E-state index in [1.165, 1.54) is 24.3 Å². The van der Waals surface area contributed by atoms with Crippen LogP contribution in [-0.4, -0.2) is 44.6 Å². The number of hydrogen-bond acceptors (Lipinski definition) is 4. The van der Waals surface area contributed by atoms with Crippen LogP contribution in [0.1, 0.15) is 33.6 Å². The number of carbonyl (C=O) groups excluding carboxylic acids is 2. The first-order valence-corrected chi connectivity index (χ1v) is 11.8. The predicted octanol–water partition coefficient (Wildman–Crippen LogP) is 3.64. The molecule has 1 amide bonds. The number of carbonyl (C=O) groups is 2. The van der Waals surface area contributed by atoms with Gasteiger partial charge in [-0.2, -0.15) is 4.72 Å². The van der Waals surface area contributed by atoms with Crippen molar-refractivity contribution < 1.29 is 18.0 Å². The standard InChI is InChI=1S/C22H20Cl2N2O4S/c1-2-11-25-31(29,30)18-6-3-16(4-7-18)22(28)26-12-9-15(10-13-26)21(27)17-5-8-19(23)20(24)14-17/h1,3-8,14-15,25H,9-13H2. The molecule has 0 bridgehead atoms. The van der Waals surface area contributed by atoms with Gasteiger partial charge >= 0.3 is 0 Å². The lowest BCUT2D eigenvalue weighted by molar-refractivity contribution is 0.0650. The fourth-order valence-electron chi connectivity index (χ4n) is 3.41. The van der Waals surface area contributed by atoms with Gasteiger partial charge in [-0.05, 0) is 55.3 Å². The summed E-state index contributed by atoms with van der Waals surface area (Å²) in [6.07, 6.45) is 6.14. The highest BCUT2D eigenvalue weighted by molar-refractivity contribution is 7.89. The van der Waals surface area contributed by atoms with E-state index in [1.807, 2.05) is 0 Å². The topological polar surface area (TPSA) is 83.6 Å². The lowest BCUT2D eigenvalue weighted by Gasteiger charge is -2.31. The van der Waals surface area contributed by atoms with Crippen LogP contribution in [0.15, 0.2) is 47.4 Å². The first kappa shape index (κ1) is 23.3. The maximum Gasteiger partial charge on any atom is 0.253 e. The second-order valence-electron chi connectivity index (χ2n) is 7.11. The van der Waals surface area contributed by atoms with Gasteiger partial charge < -0.3 is 4.90 Å². The quantitative estimate of drug-likeness (QED) is 0.507. The zero-order valence-corrected chi connectivity index (χ0v) is 18.8. The third-order valence-corrected chi connectivity index (χ3v) is 7.29. The molecule has 1 N–H and O–H groups in total. The Balaban J connectivity index is 1.62. The maximum atomic E-state index is 12.8. The van der Waals surface area contributed by atoms with Crippen LogP contribution in [0.2, 0.25) is 10.0 Å². The second kappa shape index (κ2) is 9.84. The summed E-state index contributed by atoms with van der Waals surface area (Å²) in [5.74, 6) is 1.79. The Kier molecular flexibility index (Phi) is 7.39. The van der Waals surface area contributed by atoms with Crippen LogP contribution in [0.5, 0.6) is 0 Å². The molecule has 6 nitrogen and oxygen atoms in total. The Bertz CT molecular complexity index is 1130. The largest absolute Gasteiger partial charge is 0.339 e. The summed E-state index contributed by atoms with van der Waals surface area (Å²) in [5, 5.41) is 0.726. The summed E-state index contributed by atoms with van der Waals surface area (Å²) in [7, 11) is -3.71. The van der Waals surface area contributed by atoms with Gasteiger partial charge in [-0.25, -0.2) is 8.42 Å². The third-order valence-electron chi connectivity index (χ3n) is 5.13. The number of hydrogen-bond donors (Lipinski definition) is 1. The number of rotatable bonds is 6. The molecule has 2 aromatic rings. The molecule has 1 fully saturated rings. The number of Topliss-reactive ketones (excluding diaryl/α,β-unsaturated/α-hetero) is 1. The minimum absolute atomic E-state index is 0.0142. The number of nitrogens with zero attached hydrogens (tertiary/aromatic N) is 1. The van der Waals surface area contributed by atoms with E-state index < -0.39 is 10.0 Å². The van der Waals surface area contributed by atoms with E-state index in [1.54, 1.807) is 23.1 Å². The second-order valence-corrected chi connectivity index (χ2v) is 9.69. The summed E-state index contributed by atoms with van der Waals surface area (Å²) in [5.41, 5.74) is 0.888. The molecule has 9 heteroatoms. The minimum atomic E-state index is -3.71. The summed E-state index contributed by atoms with van der Waals surface area (Å²) in [4.78, 5) is 27.2. The van der Waals surface area contributed by atoms with Gasteiger partial charge in [-0.3, -0.25) is 9.59 Å². The zero-order valence-electron chi connectivity index (χ0n) is 16.5. The molecular weight excluding hydrogens is 459 g/mol. The summed E-state index contributed by atoms with van der Waals surface area (Å²) < 4.78 is 26.4. The minimum Gasteiger partial charge on any atom is -0.339 e. The van der Waals surface area contributed by atoms with Crippen LogP contribution in [0.25, 0.3) is 0 Å². The molecule has 1 heterocycles. The number of ketones is 1.